The summed E-state index contributed by atoms with van der Waals surface area (Å²) in [4.78, 5) is 25.8. The predicted octanol–water partition coefficient (Wildman–Crippen LogP) is 2.34. The summed E-state index contributed by atoms with van der Waals surface area (Å²) >= 11 is 0. The van der Waals surface area contributed by atoms with E-state index in [1.807, 2.05) is 13.8 Å². The number of anilines is 1. The van der Waals surface area contributed by atoms with Crippen molar-refractivity contribution in [3.63, 3.8) is 0 Å². The Morgan fingerprint density at radius 1 is 1.50 bits per heavy atom. The summed E-state index contributed by atoms with van der Waals surface area (Å²) < 4.78 is 13.3. The SMILES string of the molecule is CC[C@H](C)NC(=O)N[C@@H]1CCN(c2ccc(F)c(C)c2)C1=O. The number of hydrogen-bond donors (Lipinski definition) is 2. The van der Waals surface area contributed by atoms with Crippen LogP contribution in [0.1, 0.15) is 32.3 Å². The zero-order valence-corrected chi connectivity index (χ0v) is 13.1. The van der Waals surface area contributed by atoms with Gasteiger partial charge in [0, 0.05) is 18.3 Å². The molecule has 1 fully saturated rings. The average Bonchev–Trinajstić information content (AvgIpc) is 2.83. The zero-order valence-electron chi connectivity index (χ0n) is 13.1. The Labute approximate surface area is 129 Å². The third-order valence-corrected chi connectivity index (χ3v) is 3.95. The molecule has 0 saturated carbocycles. The molecule has 2 rings (SSSR count). The highest BCUT2D eigenvalue weighted by Gasteiger charge is 2.33. The Morgan fingerprint density at radius 3 is 2.86 bits per heavy atom. The van der Waals surface area contributed by atoms with Gasteiger partial charge in [-0.15, -0.1) is 0 Å². The molecule has 0 radical (unpaired) electrons. The third kappa shape index (κ3) is 3.55. The third-order valence-electron chi connectivity index (χ3n) is 3.95. The highest BCUT2D eigenvalue weighted by atomic mass is 19.1. The lowest BCUT2D eigenvalue weighted by molar-refractivity contribution is -0.118. The molecule has 1 aromatic carbocycles. The fraction of sp³-hybridized carbons (Fsp3) is 0.500. The van der Waals surface area contributed by atoms with E-state index in [1.54, 1.807) is 24.0 Å². The van der Waals surface area contributed by atoms with Crippen LogP contribution in [-0.4, -0.2) is 30.6 Å². The number of benzene rings is 1. The van der Waals surface area contributed by atoms with Crippen LogP contribution in [0.3, 0.4) is 0 Å². The van der Waals surface area contributed by atoms with Crippen LogP contribution < -0.4 is 15.5 Å². The van der Waals surface area contributed by atoms with E-state index in [-0.39, 0.29) is 23.8 Å². The smallest absolute Gasteiger partial charge is 0.315 e. The molecule has 0 unspecified atom stereocenters. The second-order valence-electron chi connectivity index (χ2n) is 5.69. The van der Waals surface area contributed by atoms with E-state index in [9.17, 15) is 14.0 Å². The van der Waals surface area contributed by atoms with Crippen LogP contribution in [0, 0.1) is 12.7 Å². The quantitative estimate of drug-likeness (QED) is 0.897. The van der Waals surface area contributed by atoms with Gasteiger partial charge in [-0.3, -0.25) is 4.79 Å². The van der Waals surface area contributed by atoms with E-state index in [0.29, 0.717) is 24.2 Å². The maximum absolute atomic E-state index is 13.3. The van der Waals surface area contributed by atoms with Gasteiger partial charge in [-0.1, -0.05) is 6.92 Å². The maximum Gasteiger partial charge on any atom is 0.315 e. The molecule has 1 aliphatic heterocycles. The van der Waals surface area contributed by atoms with Crippen molar-refractivity contribution in [3.8, 4) is 0 Å². The summed E-state index contributed by atoms with van der Waals surface area (Å²) in [5.41, 5.74) is 1.16. The fourth-order valence-electron chi connectivity index (χ4n) is 2.39. The van der Waals surface area contributed by atoms with Gasteiger partial charge in [0.25, 0.3) is 0 Å². The number of nitrogens with zero attached hydrogens (tertiary/aromatic N) is 1. The maximum atomic E-state index is 13.3. The fourth-order valence-corrected chi connectivity index (χ4v) is 2.39. The zero-order chi connectivity index (χ0) is 16.3. The molecule has 1 saturated heterocycles. The molecular formula is C16H22FN3O2. The molecule has 0 aliphatic carbocycles. The lowest BCUT2D eigenvalue weighted by Gasteiger charge is -2.19. The van der Waals surface area contributed by atoms with Crippen molar-refractivity contribution in [1.82, 2.24) is 10.6 Å². The van der Waals surface area contributed by atoms with E-state index in [2.05, 4.69) is 10.6 Å². The topological polar surface area (TPSA) is 61.4 Å². The minimum absolute atomic E-state index is 0.0624. The number of aryl methyl sites for hydroxylation is 1. The number of nitrogens with one attached hydrogen (secondary N) is 2. The average molecular weight is 307 g/mol. The summed E-state index contributed by atoms with van der Waals surface area (Å²) in [7, 11) is 0. The van der Waals surface area contributed by atoms with E-state index in [4.69, 9.17) is 0 Å². The molecule has 2 N–H and O–H groups in total. The van der Waals surface area contributed by atoms with Crippen molar-refractivity contribution in [2.45, 2.75) is 45.7 Å². The summed E-state index contributed by atoms with van der Waals surface area (Å²) in [6, 6.07) is 3.79. The second kappa shape index (κ2) is 6.77. The van der Waals surface area contributed by atoms with Crippen molar-refractivity contribution in [3.05, 3.63) is 29.6 Å². The highest BCUT2D eigenvalue weighted by Crippen LogP contribution is 2.23. The van der Waals surface area contributed by atoms with Gasteiger partial charge in [0.05, 0.1) is 0 Å². The van der Waals surface area contributed by atoms with Crippen LogP contribution in [-0.2, 0) is 4.79 Å². The lowest BCUT2D eigenvalue weighted by atomic mass is 10.2. The van der Waals surface area contributed by atoms with Gasteiger partial charge in [0.1, 0.15) is 11.9 Å². The minimum Gasteiger partial charge on any atom is -0.336 e. The molecule has 1 heterocycles. The predicted molar refractivity (Wildman–Crippen MR) is 83.3 cm³/mol. The largest absolute Gasteiger partial charge is 0.336 e. The summed E-state index contributed by atoms with van der Waals surface area (Å²) in [6.45, 7) is 6.06. The van der Waals surface area contributed by atoms with E-state index < -0.39 is 6.04 Å². The summed E-state index contributed by atoms with van der Waals surface area (Å²) in [6.07, 6.45) is 1.37. The van der Waals surface area contributed by atoms with Crippen LogP contribution >= 0.6 is 0 Å². The van der Waals surface area contributed by atoms with Crippen molar-refractivity contribution in [1.29, 1.82) is 0 Å². The Bertz CT molecular complexity index is 577. The van der Waals surface area contributed by atoms with E-state index >= 15 is 0 Å². The number of urea groups is 1. The molecule has 2 atom stereocenters. The number of carbonyl (C=O) groups excluding carboxylic acids is 2. The van der Waals surface area contributed by atoms with Crippen LogP contribution in [0.25, 0.3) is 0 Å². The van der Waals surface area contributed by atoms with Gasteiger partial charge in [0.15, 0.2) is 0 Å². The molecule has 0 spiro atoms. The summed E-state index contributed by atoms with van der Waals surface area (Å²) in [5.74, 6) is -0.455. The van der Waals surface area contributed by atoms with Crippen LogP contribution in [0.4, 0.5) is 14.9 Å². The molecule has 1 aromatic rings. The molecule has 5 nitrogen and oxygen atoms in total. The van der Waals surface area contributed by atoms with E-state index in [1.165, 1.54) is 6.07 Å². The molecule has 120 valence electrons. The van der Waals surface area contributed by atoms with E-state index in [0.717, 1.165) is 6.42 Å². The first kappa shape index (κ1) is 16.3. The van der Waals surface area contributed by atoms with Gasteiger partial charge >= 0.3 is 6.03 Å². The molecule has 22 heavy (non-hydrogen) atoms. The van der Waals surface area contributed by atoms with Crippen LogP contribution in [0.15, 0.2) is 18.2 Å². The second-order valence-corrected chi connectivity index (χ2v) is 5.69. The first-order valence-corrected chi connectivity index (χ1v) is 7.57. The number of carbonyl (C=O) groups is 2. The molecule has 0 bridgehead atoms. The minimum atomic E-state index is -0.533. The van der Waals surface area contributed by atoms with Crippen molar-refractivity contribution >= 4 is 17.6 Å². The molecule has 1 aliphatic rings. The van der Waals surface area contributed by atoms with Gasteiger partial charge in [-0.05, 0) is 50.5 Å². The standard InChI is InChI=1S/C16H22FN3O2/c1-4-11(3)18-16(22)19-14-7-8-20(15(14)21)12-5-6-13(17)10(2)9-12/h5-6,9,11,14H,4,7-8H2,1-3H3,(H2,18,19,22)/t11-,14+/m0/s1. The number of hydrogen-bond acceptors (Lipinski definition) is 2. The van der Waals surface area contributed by atoms with Crippen LogP contribution in [0.2, 0.25) is 0 Å². The molecule has 0 aromatic heterocycles. The first-order valence-electron chi connectivity index (χ1n) is 7.57. The Morgan fingerprint density at radius 2 is 2.23 bits per heavy atom. The van der Waals surface area contributed by atoms with Gasteiger partial charge in [-0.25, -0.2) is 9.18 Å². The highest BCUT2D eigenvalue weighted by molar-refractivity contribution is 6.01. The first-order chi connectivity index (χ1) is 10.4. The Kier molecular flexibility index (Phi) is 5.00. The molecular weight excluding hydrogens is 285 g/mol. The van der Waals surface area contributed by atoms with Crippen molar-refractivity contribution in [2.24, 2.45) is 0 Å². The normalized spacial score (nSPS) is 19.2. The number of halogens is 1. The Balaban J connectivity index is 2.00. The van der Waals surface area contributed by atoms with Crippen molar-refractivity contribution < 1.29 is 14.0 Å². The summed E-state index contributed by atoms with van der Waals surface area (Å²) in [5, 5.41) is 5.48. The monoisotopic (exact) mass is 307 g/mol. The van der Waals surface area contributed by atoms with Crippen LogP contribution in [0.5, 0.6) is 0 Å². The van der Waals surface area contributed by atoms with Gasteiger partial charge < -0.3 is 15.5 Å². The van der Waals surface area contributed by atoms with Crippen molar-refractivity contribution in [2.75, 3.05) is 11.4 Å². The molecule has 6 heteroatoms. The molecule has 3 amide bonds. The number of rotatable bonds is 4. The van der Waals surface area contributed by atoms with Gasteiger partial charge in [-0.2, -0.15) is 0 Å². The lowest BCUT2D eigenvalue weighted by Crippen LogP contribution is -2.48. The van der Waals surface area contributed by atoms with Gasteiger partial charge in [0.2, 0.25) is 5.91 Å². The number of amides is 3. The Hall–Kier alpha value is -2.11.